The van der Waals surface area contributed by atoms with Gasteiger partial charge in [0.15, 0.2) is 17.3 Å². The fourth-order valence-electron chi connectivity index (χ4n) is 2.70. The Hall–Kier alpha value is -3.88. The minimum Gasteiger partial charge on any atom is -0.454 e. The second kappa shape index (κ2) is 5.59. The number of aromatic nitrogens is 4. The molecule has 0 fully saturated rings. The van der Waals surface area contributed by atoms with E-state index in [1.807, 2.05) is 42.5 Å². The lowest BCUT2D eigenvalue weighted by Crippen LogP contribution is -2.13. The lowest BCUT2D eigenvalue weighted by Gasteiger charge is -2.07. The molecule has 3 heterocycles. The van der Waals surface area contributed by atoms with Gasteiger partial charge in [0.05, 0.1) is 0 Å². The van der Waals surface area contributed by atoms with Gasteiger partial charge < -0.3 is 14.8 Å². The maximum absolute atomic E-state index is 12.0. The zero-order valence-electron chi connectivity index (χ0n) is 13.2. The minimum atomic E-state index is -0.409. The summed E-state index contributed by atoms with van der Waals surface area (Å²) in [4.78, 5) is 18.7. The zero-order chi connectivity index (χ0) is 17.5. The number of nitrogens with one attached hydrogen (secondary N) is 2. The number of rotatable bonds is 3. The molecule has 26 heavy (non-hydrogen) atoms. The maximum atomic E-state index is 12.0. The molecule has 0 atom stereocenters. The monoisotopic (exact) mass is 349 g/mol. The van der Waals surface area contributed by atoms with E-state index in [1.165, 1.54) is 0 Å². The van der Waals surface area contributed by atoms with Crippen LogP contribution in [-0.4, -0.2) is 27.1 Å². The van der Waals surface area contributed by atoms with Crippen LogP contribution in [0.15, 0.2) is 51.9 Å². The average Bonchev–Trinajstić information content (AvgIpc) is 3.30. The van der Waals surface area contributed by atoms with Gasteiger partial charge in [-0.3, -0.25) is 9.78 Å². The third-order valence-electron chi connectivity index (χ3n) is 3.99. The molecule has 2 aromatic carbocycles. The predicted molar refractivity (Wildman–Crippen MR) is 91.5 cm³/mol. The molecule has 2 N–H and O–H groups in total. The largest absolute Gasteiger partial charge is 0.454 e. The van der Waals surface area contributed by atoms with Gasteiger partial charge >= 0.3 is 0 Å². The number of H-pyrrole nitrogens is 1. The number of fused-ring (bicyclic) bond motifs is 2. The van der Waals surface area contributed by atoms with E-state index in [0.717, 1.165) is 22.6 Å². The molecular weight excluding hydrogens is 338 g/mol. The SMILES string of the molecule is O=c1[nH]c2nonc2nc1Nc1ccc(-c2ccc3c(c2)OCO3)cc1. The van der Waals surface area contributed by atoms with Crippen molar-refractivity contribution in [1.82, 2.24) is 20.3 Å². The predicted octanol–water partition coefficient (Wildman–Crippen LogP) is 2.45. The van der Waals surface area contributed by atoms with Crippen molar-refractivity contribution in [2.75, 3.05) is 12.1 Å². The Morgan fingerprint density at radius 2 is 1.77 bits per heavy atom. The topological polar surface area (TPSA) is 115 Å². The summed E-state index contributed by atoms with van der Waals surface area (Å²) in [7, 11) is 0. The van der Waals surface area contributed by atoms with Gasteiger partial charge in [-0.05, 0) is 45.7 Å². The standard InChI is InChI=1S/C17H11N5O4/c23-17-16(19-14-15(20-17)22-26-21-14)18-11-4-1-9(2-5-11)10-3-6-12-13(7-10)25-8-24-12/h1-7H,8H2,(H,18,19,21)(H,20,22,23). The van der Waals surface area contributed by atoms with E-state index in [1.54, 1.807) is 0 Å². The number of nitrogens with zero attached hydrogens (tertiary/aromatic N) is 3. The number of hydrogen-bond donors (Lipinski definition) is 2. The molecule has 0 saturated heterocycles. The highest BCUT2D eigenvalue weighted by Gasteiger charge is 2.14. The quantitative estimate of drug-likeness (QED) is 0.579. The third-order valence-corrected chi connectivity index (χ3v) is 3.99. The van der Waals surface area contributed by atoms with Crippen molar-refractivity contribution in [1.29, 1.82) is 0 Å². The van der Waals surface area contributed by atoms with Crippen LogP contribution in [0, 0.1) is 0 Å². The van der Waals surface area contributed by atoms with Crippen molar-refractivity contribution in [3.8, 4) is 22.6 Å². The molecule has 0 aliphatic carbocycles. The summed E-state index contributed by atoms with van der Waals surface area (Å²) in [6.07, 6.45) is 0. The molecule has 2 aromatic heterocycles. The molecule has 1 aliphatic rings. The molecule has 0 unspecified atom stereocenters. The van der Waals surface area contributed by atoms with Crippen molar-refractivity contribution in [2.24, 2.45) is 0 Å². The number of anilines is 2. The molecule has 0 amide bonds. The van der Waals surface area contributed by atoms with E-state index in [0.29, 0.717) is 5.69 Å². The van der Waals surface area contributed by atoms with Crippen molar-refractivity contribution < 1.29 is 14.1 Å². The summed E-state index contributed by atoms with van der Waals surface area (Å²) in [5.41, 5.74) is 2.75. The fourth-order valence-corrected chi connectivity index (χ4v) is 2.70. The van der Waals surface area contributed by atoms with Crippen LogP contribution >= 0.6 is 0 Å². The Labute approximate surface area is 145 Å². The number of aromatic amines is 1. The number of hydrogen-bond acceptors (Lipinski definition) is 8. The molecule has 5 rings (SSSR count). The highest BCUT2D eigenvalue weighted by atomic mass is 16.7. The fraction of sp³-hybridized carbons (Fsp3) is 0.0588. The second-order valence-corrected chi connectivity index (χ2v) is 5.62. The van der Waals surface area contributed by atoms with E-state index in [4.69, 9.17) is 9.47 Å². The van der Waals surface area contributed by atoms with E-state index in [2.05, 4.69) is 30.2 Å². The Bertz CT molecular complexity index is 1170. The second-order valence-electron chi connectivity index (χ2n) is 5.62. The summed E-state index contributed by atoms with van der Waals surface area (Å²) in [5, 5.41) is 10.1. The first-order valence-electron chi connectivity index (χ1n) is 7.76. The maximum Gasteiger partial charge on any atom is 0.292 e. The van der Waals surface area contributed by atoms with E-state index in [-0.39, 0.29) is 23.9 Å². The lowest BCUT2D eigenvalue weighted by atomic mass is 10.0. The Morgan fingerprint density at radius 3 is 2.65 bits per heavy atom. The first-order valence-corrected chi connectivity index (χ1v) is 7.76. The van der Waals surface area contributed by atoms with Crippen LogP contribution < -0.4 is 20.3 Å². The van der Waals surface area contributed by atoms with Crippen LogP contribution in [-0.2, 0) is 0 Å². The van der Waals surface area contributed by atoms with Crippen LogP contribution in [0.3, 0.4) is 0 Å². The molecule has 128 valence electrons. The first kappa shape index (κ1) is 14.5. The molecule has 9 nitrogen and oxygen atoms in total. The van der Waals surface area contributed by atoms with Crippen LogP contribution in [0.4, 0.5) is 11.5 Å². The normalized spacial score (nSPS) is 12.5. The van der Waals surface area contributed by atoms with Crippen molar-refractivity contribution in [3.05, 3.63) is 52.8 Å². The molecule has 0 spiro atoms. The van der Waals surface area contributed by atoms with Crippen LogP contribution in [0.25, 0.3) is 22.4 Å². The van der Waals surface area contributed by atoms with Gasteiger partial charge in [0.1, 0.15) is 0 Å². The van der Waals surface area contributed by atoms with Crippen LogP contribution in [0.2, 0.25) is 0 Å². The first-order chi connectivity index (χ1) is 12.8. The lowest BCUT2D eigenvalue weighted by molar-refractivity contribution is 0.174. The summed E-state index contributed by atoms with van der Waals surface area (Å²) in [5.74, 6) is 1.59. The van der Waals surface area contributed by atoms with Crippen molar-refractivity contribution >= 4 is 22.8 Å². The molecule has 0 bridgehead atoms. The molecule has 0 saturated carbocycles. The molecular formula is C17H11N5O4. The molecule has 0 radical (unpaired) electrons. The number of benzene rings is 2. The van der Waals surface area contributed by atoms with Gasteiger partial charge in [0, 0.05) is 5.69 Å². The molecule has 9 heteroatoms. The van der Waals surface area contributed by atoms with Gasteiger partial charge in [0.2, 0.25) is 18.1 Å². The third kappa shape index (κ3) is 2.42. The van der Waals surface area contributed by atoms with Crippen LogP contribution in [0.1, 0.15) is 0 Å². The van der Waals surface area contributed by atoms with Crippen molar-refractivity contribution in [3.63, 3.8) is 0 Å². The Kier molecular flexibility index (Phi) is 3.11. The Balaban J connectivity index is 1.42. The van der Waals surface area contributed by atoms with E-state index < -0.39 is 5.56 Å². The highest BCUT2D eigenvalue weighted by Crippen LogP contribution is 2.36. The molecule has 4 aromatic rings. The number of ether oxygens (including phenoxy) is 2. The summed E-state index contributed by atoms with van der Waals surface area (Å²) in [6, 6.07) is 13.4. The van der Waals surface area contributed by atoms with Gasteiger partial charge in [0.25, 0.3) is 5.56 Å². The highest BCUT2D eigenvalue weighted by molar-refractivity contribution is 5.71. The van der Waals surface area contributed by atoms with Gasteiger partial charge in [-0.25, -0.2) is 4.63 Å². The average molecular weight is 349 g/mol. The smallest absolute Gasteiger partial charge is 0.292 e. The van der Waals surface area contributed by atoms with Crippen LogP contribution in [0.5, 0.6) is 11.5 Å². The van der Waals surface area contributed by atoms with Gasteiger partial charge in [-0.2, -0.15) is 4.98 Å². The van der Waals surface area contributed by atoms with Gasteiger partial charge in [-0.15, -0.1) is 0 Å². The molecule has 1 aliphatic heterocycles. The van der Waals surface area contributed by atoms with E-state index in [9.17, 15) is 4.79 Å². The van der Waals surface area contributed by atoms with E-state index >= 15 is 0 Å². The Morgan fingerprint density at radius 1 is 0.962 bits per heavy atom. The summed E-state index contributed by atoms with van der Waals surface area (Å²) < 4.78 is 15.3. The summed E-state index contributed by atoms with van der Waals surface area (Å²) in [6.45, 7) is 0.245. The van der Waals surface area contributed by atoms with Gasteiger partial charge in [-0.1, -0.05) is 18.2 Å². The zero-order valence-corrected chi connectivity index (χ0v) is 13.2. The minimum absolute atomic E-state index is 0.115. The van der Waals surface area contributed by atoms with Crippen molar-refractivity contribution in [2.45, 2.75) is 0 Å². The summed E-state index contributed by atoms with van der Waals surface area (Å²) >= 11 is 0.